The number of hydrogen-bond donors (Lipinski definition) is 1. The summed E-state index contributed by atoms with van der Waals surface area (Å²) in [5, 5.41) is 11.4. The summed E-state index contributed by atoms with van der Waals surface area (Å²) < 4.78 is 13.5. The first kappa shape index (κ1) is 25.6. The molecule has 0 radical (unpaired) electrons. The molecule has 2 aliphatic rings. The first-order valence-electron chi connectivity index (χ1n) is 13.2. The maximum Gasteiger partial charge on any atom is 0.295 e. The molecule has 8 heteroatoms. The molecule has 3 heterocycles. The van der Waals surface area contributed by atoms with Crippen molar-refractivity contribution in [2.24, 2.45) is 0 Å². The van der Waals surface area contributed by atoms with Crippen LogP contribution in [0, 0.1) is 0 Å². The molecule has 1 fully saturated rings. The van der Waals surface area contributed by atoms with E-state index in [1.807, 2.05) is 54.1 Å². The number of aliphatic hydroxyl groups is 1. The predicted molar refractivity (Wildman–Crippen MR) is 143 cm³/mol. The van der Waals surface area contributed by atoms with Crippen molar-refractivity contribution in [3.8, 4) is 11.5 Å². The van der Waals surface area contributed by atoms with Gasteiger partial charge >= 0.3 is 0 Å². The Hall–Kier alpha value is -4.07. The number of rotatable bonds is 10. The lowest BCUT2D eigenvalue weighted by Gasteiger charge is -2.25. The van der Waals surface area contributed by atoms with Crippen molar-refractivity contribution < 1.29 is 24.2 Å². The number of benzene rings is 2. The van der Waals surface area contributed by atoms with Gasteiger partial charge in [0.1, 0.15) is 23.4 Å². The number of fused-ring (bicyclic) bond motifs is 1. The average molecular weight is 516 g/mol. The monoisotopic (exact) mass is 515 g/mol. The molecule has 0 saturated carbocycles. The SMILES string of the molecule is CCCCOc1ccc([C@H]2C(=C(O)c3ccc4c(c3)C[C@H](C)O4)C(=O)C(=O)N2CCCn2ccnc2)cc1. The third kappa shape index (κ3) is 5.16. The Bertz CT molecular complexity index is 1330. The van der Waals surface area contributed by atoms with Gasteiger partial charge in [0.05, 0.1) is 24.5 Å². The molecule has 2 aromatic carbocycles. The van der Waals surface area contributed by atoms with E-state index in [-0.39, 0.29) is 17.4 Å². The van der Waals surface area contributed by atoms with E-state index < -0.39 is 17.7 Å². The van der Waals surface area contributed by atoms with Crippen molar-refractivity contribution in [1.82, 2.24) is 14.5 Å². The van der Waals surface area contributed by atoms with E-state index in [1.165, 1.54) is 0 Å². The Morgan fingerprint density at radius 3 is 2.68 bits per heavy atom. The van der Waals surface area contributed by atoms with Crippen LogP contribution in [0.4, 0.5) is 0 Å². The second-order valence-electron chi connectivity index (χ2n) is 9.87. The van der Waals surface area contributed by atoms with Gasteiger partial charge in [0, 0.05) is 37.5 Å². The third-order valence-electron chi connectivity index (χ3n) is 7.05. The van der Waals surface area contributed by atoms with Crippen LogP contribution in [0.3, 0.4) is 0 Å². The predicted octanol–water partition coefficient (Wildman–Crippen LogP) is 4.90. The van der Waals surface area contributed by atoms with Crippen molar-refractivity contribution in [3.05, 3.63) is 83.4 Å². The van der Waals surface area contributed by atoms with Gasteiger partial charge in [-0.15, -0.1) is 0 Å². The lowest BCUT2D eigenvalue weighted by atomic mass is 9.94. The number of aliphatic hydroxyl groups excluding tert-OH is 1. The molecule has 198 valence electrons. The molecule has 1 saturated heterocycles. The molecule has 1 N–H and O–H groups in total. The highest BCUT2D eigenvalue weighted by molar-refractivity contribution is 6.46. The number of nitrogens with zero attached hydrogens (tertiary/aromatic N) is 3. The average Bonchev–Trinajstić information content (AvgIpc) is 3.63. The zero-order valence-electron chi connectivity index (χ0n) is 21.8. The van der Waals surface area contributed by atoms with Crippen molar-refractivity contribution in [2.45, 2.75) is 58.2 Å². The summed E-state index contributed by atoms with van der Waals surface area (Å²) in [4.78, 5) is 32.3. The standard InChI is InChI=1S/C30H33N3O5/c1-3-4-16-37-24-9-6-21(7-10-24)27-26(28(34)22-8-11-25-23(18-22)17-20(2)38-25)29(35)30(36)33(27)14-5-13-32-15-12-31-19-32/h6-12,15,18-20,27,34H,3-5,13-14,16-17H2,1-2H3/t20-,27-/m0/s1. The fourth-order valence-electron chi connectivity index (χ4n) is 5.11. The van der Waals surface area contributed by atoms with Gasteiger partial charge in [-0.2, -0.15) is 0 Å². The third-order valence-corrected chi connectivity index (χ3v) is 7.05. The topological polar surface area (TPSA) is 93.9 Å². The Morgan fingerprint density at radius 2 is 1.95 bits per heavy atom. The number of aromatic nitrogens is 2. The Balaban J connectivity index is 1.48. The lowest BCUT2D eigenvalue weighted by Crippen LogP contribution is -2.31. The van der Waals surface area contributed by atoms with E-state index in [9.17, 15) is 14.7 Å². The number of likely N-dealkylation sites (tertiary alicyclic amines) is 1. The van der Waals surface area contributed by atoms with Crippen LogP contribution in [0.1, 0.15) is 55.8 Å². The number of hydrogen-bond acceptors (Lipinski definition) is 6. The first-order valence-corrected chi connectivity index (χ1v) is 13.2. The minimum Gasteiger partial charge on any atom is -0.507 e. The van der Waals surface area contributed by atoms with Gasteiger partial charge in [0.25, 0.3) is 11.7 Å². The van der Waals surface area contributed by atoms with Gasteiger partial charge in [-0.25, -0.2) is 4.98 Å². The largest absolute Gasteiger partial charge is 0.507 e. The maximum absolute atomic E-state index is 13.4. The van der Waals surface area contributed by atoms with E-state index >= 15 is 0 Å². The molecule has 1 aromatic heterocycles. The summed E-state index contributed by atoms with van der Waals surface area (Å²) in [7, 11) is 0. The minimum absolute atomic E-state index is 0.0570. The lowest BCUT2D eigenvalue weighted by molar-refractivity contribution is -0.139. The van der Waals surface area contributed by atoms with Crippen LogP contribution < -0.4 is 9.47 Å². The molecule has 8 nitrogen and oxygen atoms in total. The fraction of sp³-hybridized carbons (Fsp3) is 0.367. The number of aryl methyl sites for hydroxylation is 1. The number of amides is 1. The molecule has 0 aliphatic carbocycles. The highest BCUT2D eigenvalue weighted by Gasteiger charge is 2.45. The van der Waals surface area contributed by atoms with Crippen LogP contribution in [-0.4, -0.2) is 50.5 Å². The van der Waals surface area contributed by atoms with Gasteiger partial charge in [-0.1, -0.05) is 25.5 Å². The van der Waals surface area contributed by atoms with E-state index in [4.69, 9.17) is 9.47 Å². The zero-order valence-corrected chi connectivity index (χ0v) is 21.8. The van der Waals surface area contributed by atoms with Crippen molar-refractivity contribution in [1.29, 1.82) is 0 Å². The number of unbranched alkanes of at least 4 members (excludes halogenated alkanes) is 1. The first-order chi connectivity index (χ1) is 18.5. The molecule has 2 atom stereocenters. The van der Waals surface area contributed by atoms with Gasteiger partial charge in [0.2, 0.25) is 0 Å². The molecule has 0 unspecified atom stereocenters. The summed E-state index contributed by atoms with van der Waals surface area (Å²) in [6, 6.07) is 12.1. The molecule has 5 rings (SSSR count). The fourth-order valence-corrected chi connectivity index (χ4v) is 5.11. The molecule has 0 spiro atoms. The van der Waals surface area contributed by atoms with Crippen LogP contribution in [0.2, 0.25) is 0 Å². The normalized spacial score (nSPS) is 20.0. The van der Waals surface area contributed by atoms with Crippen LogP contribution >= 0.6 is 0 Å². The highest BCUT2D eigenvalue weighted by Crippen LogP contribution is 2.41. The second-order valence-corrected chi connectivity index (χ2v) is 9.87. The van der Waals surface area contributed by atoms with Crippen molar-refractivity contribution in [3.63, 3.8) is 0 Å². The van der Waals surface area contributed by atoms with Crippen LogP contribution in [0.15, 0.2) is 66.8 Å². The summed E-state index contributed by atoms with van der Waals surface area (Å²) in [5.41, 5.74) is 2.32. The van der Waals surface area contributed by atoms with E-state index in [0.29, 0.717) is 31.7 Å². The summed E-state index contributed by atoms with van der Waals surface area (Å²) >= 11 is 0. The molecule has 38 heavy (non-hydrogen) atoms. The highest BCUT2D eigenvalue weighted by atomic mass is 16.5. The maximum atomic E-state index is 13.4. The molecule has 3 aromatic rings. The molecule has 2 aliphatic heterocycles. The molecular weight excluding hydrogens is 482 g/mol. The van der Waals surface area contributed by atoms with Crippen LogP contribution in [0.5, 0.6) is 11.5 Å². The van der Waals surface area contributed by atoms with Gasteiger partial charge in [-0.05, 0) is 61.2 Å². The van der Waals surface area contributed by atoms with E-state index in [0.717, 1.165) is 41.9 Å². The van der Waals surface area contributed by atoms with Crippen molar-refractivity contribution >= 4 is 17.4 Å². The number of imidazole rings is 1. The van der Waals surface area contributed by atoms with Gasteiger partial charge < -0.3 is 24.0 Å². The number of carbonyl (C=O) groups is 2. The Morgan fingerprint density at radius 1 is 1.13 bits per heavy atom. The number of ketones is 1. The Labute approximate surface area is 222 Å². The van der Waals surface area contributed by atoms with E-state index in [2.05, 4.69) is 11.9 Å². The second kappa shape index (κ2) is 11.1. The minimum atomic E-state index is -0.703. The number of ether oxygens (including phenoxy) is 2. The van der Waals surface area contributed by atoms with Gasteiger partial charge in [-0.3, -0.25) is 9.59 Å². The molecular formula is C30H33N3O5. The smallest absolute Gasteiger partial charge is 0.295 e. The Kier molecular flexibility index (Phi) is 7.49. The van der Waals surface area contributed by atoms with E-state index in [1.54, 1.807) is 23.5 Å². The summed E-state index contributed by atoms with van der Waals surface area (Å²) in [6.45, 7) is 5.74. The summed E-state index contributed by atoms with van der Waals surface area (Å²) in [6.07, 6.45) is 8.71. The van der Waals surface area contributed by atoms with Crippen molar-refractivity contribution in [2.75, 3.05) is 13.2 Å². The van der Waals surface area contributed by atoms with Crippen LogP contribution in [-0.2, 0) is 22.6 Å². The van der Waals surface area contributed by atoms with Gasteiger partial charge in [0.15, 0.2) is 0 Å². The number of Topliss-reactive ketones (excluding diaryl/α,β-unsaturated/α-hetero) is 1. The molecule has 0 bridgehead atoms. The quantitative estimate of drug-likeness (QED) is 0.179. The van der Waals surface area contributed by atoms with Crippen LogP contribution in [0.25, 0.3) is 5.76 Å². The molecule has 1 amide bonds. The summed E-state index contributed by atoms with van der Waals surface area (Å²) in [5.74, 6) is 0.0550. The number of carbonyl (C=O) groups excluding carboxylic acids is 2. The zero-order chi connectivity index (χ0) is 26.6.